The number of benzene rings is 1. The smallest absolute Gasteiger partial charge is 0.351 e. The molecule has 0 aliphatic carbocycles. The van der Waals surface area contributed by atoms with Crippen LogP contribution in [-0.2, 0) is 16.0 Å². The molecular weight excluding hydrogens is 208 g/mol. The quantitative estimate of drug-likeness (QED) is 0.433. The van der Waals surface area contributed by atoms with Gasteiger partial charge in [0.15, 0.2) is 5.78 Å². The van der Waals surface area contributed by atoms with E-state index in [0.29, 0.717) is 12.2 Å². The van der Waals surface area contributed by atoms with Crippen LogP contribution < -0.4 is 4.74 Å². The van der Waals surface area contributed by atoms with Crippen LogP contribution >= 0.6 is 0 Å². The lowest BCUT2D eigenvalue weighted by Gasteiger charge is -2.19. The number of aryl methyl sites for hydroxylation is 1. The number of carbonyl (C=O) groups is 2. The van der Waals surface area contributed by atoms with Crippen molar-refractivity contribution < 1.29 is 19.4 Å². The summed E-state index contributed by atoms with van der Waals surface area (Å²) in [6, 6.07) is 7.03. The van der Waals surface area contributed by atoms with Gasteiger partial charge < -0.3 is 9.84 Å². The van der Waals surface area contributed by atoms with Crippen LogP contribution in [0.2, 0.25) is 0 Å². The van der Waals surface area contributed by atoms with Crippen LogP contribution in [0.25, 0.3) is 0 Å². The molecule has 4 nitrogen and oxygen atoms in total. The van der Waals surface area contributed by atoms with E-state index in [1.807, 2.05) is 12.1 Å². The zero-order valence-corrected chi connectivity index (χ0v) is 8.90. The van der Waals surface area contributed by atoms with Gasteiger partial charge in [-0.3, -0.25) is 4.79 Å². The van der Waals surface area contributed by atoms with Crippen molar-refractivity contribution >= 4 is 11.8 Å². The normalized spacial score (nSPS) is 24.2. The molecule has 2 rings (SSSR count). The van der Waals surface area contributed by atoms with Crippen molar-refractivity contribution in [3.63, 3.8) is 0 Å². The summed E-state index contributed by atoms with van der Waals surface area (Å²) in [5, 5.41) is 9.95. The number of ether oxygens (including phenoxy) is 1. The fourth-order valence-electron chi connectivity index (χ4n) is 1.73. The topological polar surface area (TPSA) is 63.6 Å². The highest BCUT2D eigenvalue weighted by atomic mass is 16.6. The Bertz CT molecular complexity index is 452. The number of aliphatic hydroxyl groups is 1. The molecule has 16 heavy (non-hydrogen) atoms. The molecule has 1 atom stereocenters. The van der Waals surface area contributed by atoms with Gasteiger partial charge in [0.25, 0.3) is 0 Å². The zero-order chi connectivity index (χ0) is 11.8. The molecule has 1 aromatic rings. The van der Waals surface area contributed by atoms with Crippen LogP contribution in [-0.4, -0.2) is 22.5 Å². The fourth-order valence-corrected chi connectivity index (χ4v) is 1.73. The molecule has 1 aliphatic rings. The molecule has 0 fully saturated rings. The molecule has 84 valence electrons. The zero-order valence-electron chi connectivity index (χ0n) is 8.90. The van der Waals surface area contributed by atoms with Crippen LogP contribution in [0.15, 0.2) is 24.3 Å². The van der Waals surface area contributed by atoms with Gasteiger partial charge in [-0.15, -0.1) is 0 Å². The number of hydrogen-bond acceptors (Lipinski definition) is 4. The van der Waals surface area contributed by atoms with Gasteiger partial charge in [0.1, 0.15) is 5.75 Å². The van der Waals surface area contributed by atoms with Crippen molar-refractivity contribution in [3.05, 3.63) is 29.8 Å². The van der Waals surface area contributed by atoms with E-state index in [0.717, 1.165) is 5.56 Å². The summed E-state index contributed by atoms with van der Waals surface area (Å²) < 4.78 is 5.02. The molecule has 1 unspecified atom stereocenters. The number of carbonyl (C=O) groups excluding carboxylic acids is 2. The van der Waals surface area contributed by atoms with Gasteiger partial charge in [-0.05, 0) is 31.4 Å². The lowest BCUT2D eigenvalue weighted by Crippen LogP contribution is -2.47. The van der Waals surface area contributed by atoms with Crippen molar-refractivity contribution in [2.45, 2.75) is 25.4 Å². The molecule has 0 spiro atoms. The van der Waals surface area contributed by atoms with Gasteiger partial charge in [-0.2, -0.15) is 0 Å². The Labute approximate surface area is 92.8 Å². The first-order chi connectivity index (χ1) is 7.54. The predicted octanol–water partition coefficient (Wildman–Crippen LogP) is 0.858. The van der Waals surface area contributed by atoms with E-state index in [2.05, 4.69) is 0 Å². The van der Waals surface area contributed by atoms with Crippen molar-refractivity contribution in [3.8, 4) is 5.75 Å². The Morgan fingerprint density at radius 3 is 2.81 bits per heavy atom. The van der Waals surface area contributed by atoms with Gasteiger partial charge in [0.05, 0.1) is 0 Å². The van der Waals surface area contributed by atoms with Crippen LogP contribution in [0.5, 0.6) is 5.75 Å². The van der Waals surface area contributed by atoms with Crippen molar-refractivity contribution in [2.75, 3.05) is 0 Å². The van der Waals surface area contributed by atoms with E-state index < -0.39 is 17.4 Å². The van der Waals surface area contributed by atoms with E-state index in [4.69, 9.17) is 4.74 Å². The minimum atomic E-state index is -2.00. The maximum Gasteiger partial charge on any atom is 0.351 e. The third kappa shape index (κ3) is 1.61. The Morgan fingerprint density at radius 2 is 2.12 bits per heavy atom. The van der Waals surface area contributed by atoms with E-state index >= 15 is 0 Å². The highest BCUT2D eigenvalue weighted by Crippen LogP contribution is 2.29. The maximum absolute atomic E-state index is 11.6. The number of rotatable bonds is 1. The summed E-state index contributed by atoms with van der Waals surface area (Å²) >= 11 is 0. The minimum Gasteiger partial charge on any atom is -0.424 e. The lowest BCUT2D eigenvalue weighted by atomic mass is 9.92. The number of Topliss-reactive ketones (excluding diaryl/α,β-unsaturated/α-hetero) is 1. The number of hydrogen-bond donors (Lipinski definition) is 1. The summed E-state index contributed by atoms with van der Waals surface area (Å²) in [7, 11) is 0. The molecule has 0 aromatic heterocycles. The van der Waals surface area contributed by atoms with Crippen LogP contribution in [0.1, 0.15) is 18.9 Å². The SMILES string of the molecule is CC(=O)C1(O)CCc2ccccc2OC1=O. The number of para-hydroxylation sites is 1. The van der Waals surface area contributed by atoms with Crippen LogP contribution in [0, 0.1) is 0 Å². The van der Waals surface area contributed by atoms with Gasteiger partial charge in [0.2, 0.25) is 5.60 Å². The summed E-state index contributed by atoms with van der Waals surface area (Å²) in [5.74, 6) is -1.04. The molecule has 1 N–H and O–H groups in total. The molecule has 1 aromatic carbocycles. The molecule has 0 saturated carbocycles. The van der Waals surface area contributed by atoms with Gasteiger partial charge in [-0.1, -0.05) is 18.2 Å². The van der Waals surface area contributed by atoms with Crippen molar-refractivity contribution in [1.82, 2.24) is 0 Å². The second-order valence-electron chi connectivity index (χ2n) is 3.91. The van der Waals surface area contributed by atoms with Crippen molar-refractivity contribution in [1.29, 1.82) is 0 Å². The summed E-state index contributed by atoms with van der Waals surface area (Å²) in [6.07, 6.45) is 0.510. The molecule has 0 amide bonds. The Kier molecular flexibility index (Phi) is 2.52. The largest absolute Gasteiger partial charge is 0.424 e. The molecule has 1 heterocycles. The predicted molar refractivity (Wildman–Crippen MR) is 56.0 cm³/mol. The summed E-state index contributed by atoms with van der Waals surface area (Å²) in [5.41, 5.74) is -1.17. The first-order valence-corrected chi connectivity index (χ1v) is 5.07. The number of fused-ring (bicyclic) bond motifs is 1. The van der Waals surface area contributed by atoms with Gasteiger partial charge in [0, 0.05) is 0 Å². The number of ketones is 1. The van der Waals surface area contributed by atoms with E-state index in [9.17, 15) is 14.7 Å². The van der Waals surface area contributed by atoms with E-state index in [1.54, 1.807) is 12.1 Å². The highest BCUT2D eigenvalue weighted by molar-refractivity contribution is 6.06. The Hall–Kier alpha value is -1.68. The standard InChI is InChI=1S/C12H12O4/c1-8(13)12(15)7-6-9-4-2-3-5-10(9)16-11(12)14/h2-5,15H,6-7H2,1H3. The molecule has 1 aliphatic heterocycles. The molecular formula is C12H12O4. The summed E-state index contributed by atoms with van der Waals surface area (Å²) in [6.45, 7) is 1.19. The molecule has 4 heteroatoms. The monoisotopic (exact) mass is 220 g/mol. The van der Waals surface area contributed by atoms with E-state index in [1.165, 1.54) is 6.92 Å². The second kappa shape index (κ2) is 3.72. The Balaban J connectivity index is 2.39. The second-order valence-corrected chi connectivity index (χ2v) is 3.91. The lowest BCUT2D eigenvalue weighted by molar-refractivity contribution is -0.161. The molecule has 0 saturated heterocycles. The number of esters is 1. The third-order valence-electron chi connectivity index (χ3n) is 2.85. The van der Waals surface area contributed by atoms with Gasteiger partial charge >= 0.3 is 5.97 Å². The Morgan fingerprint density at radius 1 is 1.44 bits per heavy atom. The molecule has 0 bridgehead atoms. The maximum atomic E-state index is 11.6. The minimum absolute atomic E-state index is 0.0676. The average molecular weight is 220 g/mol. The van der Waals surface area contributed by atoms with Crippen LogP contribution in [0.3, 0.4) is 0 Å². The van der Waals surface area contributed by atoms with Crippen molar-refractivity contribution in [2.24, 2.45) is 0 Å². The summed E-state index contributed by atoms with van der Waals surface area (Å²) in [4.78, 5) is 22.9. The fraction of sp³-hybridized carbons (Fsp3) is 0.333. The van der Waals surface area contributed by atoms with Crippen LogP contribution in [0.4, 0.5) is 0 Å². The first-order valence-electron chi connectivity index (χ1n) is 5.07. The van der Waals surface area contributed by atoms with E-state index in [-0.39, 0.29) is 6.42 Å². The highest BCUT2D eigenvalue weighted by Gasteiger charge is 2.44. The third-order valence-corrected chi connectivity index (χ3v) is 2.85. The first kappa shape index (κ1) is 10.8. The molecule has 0 radical (unpaired) electrons. The average Bonchev–Trinajstić information content (AvgIpc) is 2.38. The van der Waals surface area contributed by atoms with Gasteiger partial charge in [-0.25, -0.2) is 4.79 Å².